The van der Waals surface area contributed by atoms with Crippen molar-refractivity contribution in [2.45, 2.75) is 6.42 Å². The third-order valence-electron chi connectivity index (χ3n) is 1.26. The molecule has 60 valence electrons. The molecule has 4 heteroatoms. The lowest BCUT2D eigenvalue weighted by Gasteiger charge is -2.00. The molecule has 0 aliphatic rings. The summed E-state index contributed by atoms with van der Waals surface area (Å²) in [6.07, 6.45) is 2.18. The largest absolute Gasteiger partial charge is 0.396 e. The van der Waals surface area contributed by atoms with E-state index >= 15 is 0 Å². The maximum Gasteiger partial charge on any atom is 0.132 e. The Kier molecular flexibility index (Phi) is 3.30. The van der Waals surface area contributed by atoms with Crippen LogP contribution in [-0.2, 0) is 6.42 Å². The average molecular weight is 236 g/mol. The molecule has 0 radical (unpaired) electrons. The predicted molar refractivity (Wildman–Crippen MR) is 47.7 cm³/mol. The summed E-state index contributed by atoms with van der Waals surface area (Å²) >= 11 is 9.00. The molecule has 2 nitrogen and oxygen atoms in total. The highest BCUT2D eigenvalue weighted by Crippen LogP contribution is 2.17. The van der Waals surface area contributed by atoms with Crippen molar-refractivity contribution in [3.8, 4) is 0 Å². The van der Waals surface area contributed by atoms with Crippen LogP contribution in [0.25, 0.3) is 0 Å². The maximum atomic E-state index is 8.63. The number of aliphatic hydroxyl groups is 1. The number of hydrogen-bond donors (Lipinski definition) is 1. The molecule has 0 saturated carbocycles. The standard InChI is InChI=1S/C7H7BrClNO/c8-6-3-5(1-2-11)7(9)10-4-6/h3-4,11H,1-2H2. The van der Waals surface area contributed by atoms with Gasteiger partial charge in [-0.05, 0) is 34.0 Å². The fourth-order valence-corrected chi connectivity index (χ4v) is 1.34. The molecule has 0 unspecified atom stereocenters. The molecule has 1 heterocycles. The monoisotopic (exact) mass is 235 g/mol. The van der Waals surface area contributed by atoms with Gasteiger partial charge in [0.2, 0.25) is 0 Å². The molecule has 1 aromatic heterocycles. The number of hydrogen-bond acceptors (Lipinski definition) is 2. The number of rotatable bonds is 2. The van der Waals surface area contributed by atoms with Crippen LogP contribution < -0.4 is 0 Å². The normalized spacial score (nSPS) is 10.1. The number of aromatic nitrogens is 1. The van der Waals surface area contributed by atoms with Crippen molar-refractivity contribution in [1.29, 1.82) is 0 Å². The minimum Gasteiger partial charge on any atom is -0.396 e. The van der Waals surface area contributed by atoms with E-state index in [1.807, 2.05) is 6.07 Å². The van der Waals surface area contributed by atoms with Crippen molar-refractivity contribution >= 4 is 27.5 Å². The molecule has 1 N–H and O–H groups in total. The molecule has 0 aliphatic carbocycles. The lowest BCUT2D eigenvalue weighted by Crippen LogP contribution is -1.93. The van der Waals surface area contributed by atoms with Gasteiger partial charge in [-0.3, -0.25) is 0 Å². The Hall–Kier alpha value is -0.120. The Labute approximate surface area is 78.3 Å². The molecule has 11 heavy (non-hydrogen) atoms. The van der Waals surface area contributed by atoms with E-state index in [0.717, 1.165) is 10.0 Å². The number of nitrogens with zero attached hydrogens (tertiary/aromatic N) is 1. The fourth-order valence-electron chi connectivity index (χ4n) is 0.760. The van der Waals surface area contributed by atoms with E-state index in [-0.39, 0.29) is 6.61 Å². The first kappa shape index (κ1) is 8.97. The second kappa shape index (κ2) is 4.04. The van der Waals surface area contributed by atoms with Crippen molar-refractivity contribution in [1.82, 2.24) is 4.98 Å². The van der Waals surface area contributed by atoms with E-state index in [9.17, 15) is 0 Å². The van der Waals surface area contributed by atoms with Crippen molar-refractivity contribution < 1.29 is 5.11 Å². The quantitative estimate of drug-likeness (QED) is 0.797. The molecule has 0 atom stereocenters. The fraction of sp³-hybridized carbons (Fsp3) is 0.286. The lowest BCUT2D eigenvalue weighted by molar-refractivity contribution is 0.299. The summed E-state index contributed by atoms with van der Waals surface area (Å²) in [7, 11) is 0. The van der Waals surface area contributed by atoms with E-state index < -0.39 is 0 Å². The Morgan fingerprint density at radius 2 is 2.36 bits per heavy atom. The van der Waals surface area contributed by atoms with Gasteiger partial charge in [0.05, 0.1) is 0 Å². The van der Waals surface area contributed by atoms with Crippen LogP contribution in [0.3, 0.4) is 0 Å². The molecule has 1 rings (SSSR count). The van der Waals surface area contributed by atoms with Crippen LogP contribution >= 0.6 is 27.5 Å². The van der Waals surface area contributed by atoms with E-state index in [1.54, 1.807) is 6.20 Å². The van der Waals surface area contributed by atoms with Gasteiger partial charge in [-0.2, -0.15) is 0 Å². The van der Waals surface area contributed by atoms with Crippen molar-refractivity contribution in [3.05, 3.63) is 27.5 Å². The summed E-state index contributed by atoms with van der Waals surface area (Å²) in [6, 6.07) is 1.85. The Morgan fingerprint density at radius 1 is 1.64 bits per heavy atom. The summed E-state index contributed by atoms with van der Waals surface area (Å²) in [6.45, 7) is 0.0951. The van der Waals surface area contributed by atoms with Gasteiger partial charge in [-0.1, -0.05) is 11.6 Å². The average Bonchev–Trinajstić information content (AvgIpc) is 1.98. The Morgan fingerprint density at radius 3 is 3.00 bits per heavy atom. The van der Waals surface area contributed by atoms with Gasteiger partial charge in [0.15, 0.2) is 0 Å². The van der Waals surface area contributed by atoms with Crippen LogP contribution in [0.15, 0.2) is 16.7 Å². The van der Waals surface area contributed by atoms with Crippen molar-refractivity contribution in [2.24, 2.45) is 0 Å². The molecule has 1 aromatic rings. The zero-order valence-electron chi connectivity index (χ0n) is 5.72. The minimum atomic E-state index is 0.0951. The Bertz CT molecular complexity index is 254. The van der Waals surface area contributed by atoms with E-state index in [2.05, 4.69) is 20.9 Å². The Balaban J connectivity index is 2.93. The van der Waals surface area contributed by atoms with Gasteiger partial charge in [0.25, 0.3) is 0 Å². The molecule has 0 amide bonds. The van der Waals surface area contributed by atoms with Crippen LogP contribution in [0.5, 0.6) is 0 Å². The van der Waals surface area contributed by atoms with E-state index in [4.69, 9.17) is 16.7 Å². The first-order valence-electron chi connectivity index (χ1n) is 3.15. The van der Waals surface area contributed by atoms with Crippen molar-refractivity contribution in [3.63, 3.8) is 0 Å². The van der Waals surface area contributed by atoms with E-state index in [1.165, 1.54) is 0 Å². The molecule has 0 bridgehead atoms. The highest BCUT2D eigenvalue weighted by molar-refractivity contribution is 9.10. The molecule has 0 aromatic carbocycles. The zero-order chi connectivity index (χ0) is 8.27. The smallest absolute Gasteiger partial charge is 0.132 e. The summed E-state index contributed by atoms with van der Waals surface area (Å²) in [5.74, 6) is 0. The zero-order valence-corrected chi connectivity index (χ0v) is 8.06. The van der Waals surface area contributed by atoms with Crippen molar-refractivity contribution in [2.75, 3.05) is 6.61 Å². The molecular formula is C7H7BrClNO. The molecule has 0 fully saturated rings. The third-order valence-corrected chi connectivity index (χ3v) is 2.03. The third kappa shape index (κ3) is 2.43. The van der Waals surface area contributed by atoms with Gasteiger partial charge < -0.3 is 5.11 Å². The van der Waals surface area contributed by atoms with Crippen LogP contribution in [0.2, 0.25) is 5.15 Å². The maximum absolute atomic E-state index is 8.63. The van der Waals surface area contributed by atoms with E-state index in [0.29, 0.717) is 11.6 Å². The number of halogens is 2. The first-order valence-corrected chi connectivity index (χ1v) is 4.32. The summed E-state index contributed by atoms with van der Waals surface area (Å²) in [5, 5.41) is 9.09. The van der Waals surface area contributed by atoms with Gasteiger partial charge in [0.1, 0.15) is 5.15 Å². The molecule has 0 saturated heterocycles. The number of aliphatic hydroxyl groups excluding tert-OH is 1. The predicted octanol–water partition coefficient (Wildman–Crippen LogP) is 2.03. The summed E-state index contributed by atoms with van der Waals surface area (Å²) in [5.41, 5.74) is 0.864. The first-order chi connectivity index (χ1) is 5.24. The highest BCUT2D eigenvalue weighted by Gasteiger charge is 2.00. The lowest BCUT2D eigenvalue weighted by atomic mass is 10.2. The van der Waals surface area contributed by atoms with Crippen LogP contribution in [-0.4, -0.2) is 16.7 Å². The van der Waals surface area contributed by atoms with Crippen LogP contribution in [0.4, 0.5) is 0 Å². The molecule has 0 spiro atoms. The van der Waals surface area contributed by atoms with Gasteiger partial charge in [0, 0.05) is 17.3 Å². The second-order valence-electron chi connectivity index (χ2n) is 2.08. The molecular weight excluding hydrogens is 229 g/mol. The molecule has 0 aliphatic heterocycles. The summed E-state index contributed by atoms with van der Waals surface area (Å²) < 4.78 is 0.880. The number of pyridine rings is 1. The minimum absolute atomic E-state index is 0.0951. The van der Waals surface area contributed by atoms with Gasteiger partial charge >= 0.3 is 0 Å². The topological polar surface area (TPSA) is 33.1 Å². The second-order valence-corrected chi connectivity index (χ2v) is 3.35. The highest BCUT2D eigenvalue weighted by atomic mass is 79.9. The van der Waals surface area contributed by atoms with Gasteiger partial charge in [-0.25, -0.2) is 4.98 Å². The van der Waals surface area contributed by atoms with Crippen LogP contribution in [0.1, 0.15) is 5.56 Å². The SMILES string of the molecule is OCCc1cc(Br)cnc1Cl. The van der Waals surface area contributed by atoms with Gasteiger partial charge in [-0.15, -0.1) is 0 Å². The summed E-state index contributed by atoms with van der Waals surface area (Å²) in [4.78, 5) is 3.90. The van der Waals surface area contributed by atoms with Crippen LogP contribution in [0, 0.1) is 0 Å².